The number of hydrogen-bond donors (Lipinski definition) is 3. The topological polar surface area (TPSA) is 101 Å². The summed E-state index contributed by atoms with van der Waals surface area (Å²) in [7, 11) is -3.54. The maximum atomic E-state index is 12.0. The molecule has 0 aromatic heterocycles. The van der Waals surface area contributed by atoms with Gasteiger partial charge in [-0.1, -0.05) is 31.5 Å². The number of carbonyl (C=O) groups excluding carboxylic acids is 1. The zero-order valence-electron chi connectivity index (χ0n) is 12.6. The second kappa shape index (κ2) is 7.53. The molecule has 1 rings (SSSR count). The molecule has 0 spiro atoms. The molecule has 0 unspecified atom stereocenters. The fourth-order valence-electron chi connectivity index (χ4n) is 1.59. The molecule has 0 fully saturated rings. The lowest BCUT2D eigenvalue weighted by Gasteiger charge is -2.15. The highest BCUT2D eigenvalue weighted by atomic mass is 32.2. The Morgan fingerprint density at radius 2 is 1.76 bits per heavy atom. The van der Waals surface area contributed by atoms with E-state index in [1.807, 2.05) is 20.8 Å². The van der Waals surface area contributed by atoms with Crippen LogP contribution in [-0.4, -0.2) is 33.5 Å². The third-order valence-electron chi connectivity index (χ3n) is 3.07. The first-order valence-electron chi connectivity index (χ1n) is 6.83. The first-order chi connectivity index (χ1) is 9.74. The van der Waals surface area contributed by atoms with E-state index in [9.17, 15) is 13.2 Å². The third kappa shape index (κ3) is 5.45. The summed E-state index contributed by atoms with van der Waals surface area (Å²) in [6, 6.07) is 5.98. The van der Waals surface area contributed by atoms with E-state index < -0.39 is 16.1 Å². The van der Waals surface area contributed by atoms with Gasteiger partial charge < -0.3 is 11.1 Å². The van der Waals surface area contributed by atoms with Crippen molar-refractivity contribution in [2.75, 3.05) is 13.1 Å². The second-order valence-corrected chi connectivity index (χ2v) is 7.04. The second-order valence-electron chi connectivity index (χ2n) is 5.27. The Morgan fingerprint density at radius 3 is 2.29 bits per heavy atom. The Kier molecular flexibility index (Phi) is 6.32. The number of nitrogens with one attached hydrogen (secondary N) is 2. The summed E-state index contributed by atoms with van der Waals surface area (Å²) in [6.07, 6.45) is 0. The molecule has 1 atom stereocenters. The predicted molar refractivity (Wildman–Crippen MR) is 82.2 cm³/mol. The van der Waals surface area contributed by atoms with Crippen molar-refractivity contribution < 1.29 is 13.2 Å². The lowest BCUT2D eigenvalue weighted by Crippen LogP contribution is -2.46. The van der Waals surface area contributed by atoms with Crippen LogP contribution in [0.15, 0.2) is 29.2 Å². The molecule has 1 amide bonds. The van der Waals surface area contributed by atoms with Crippen molar-refractivity contribution in [3.63, 3.8) is 0 Å². The molecule has 21 heavy (non-hydrogen) atoms. The Balaban J connectivity index is 2.45. The van der Waals surface area contributed by atoms with E-state index in [4.69, 9.17) is 5.73 Å². The van der Waals surface area contributed by atoms with E-state index in [0.717, 1.165) is 5.56 Å². The Hall–Kier alpha value is -1.44. The lowest BCUT2D eigenvalue weighted by molar-refractivity contribution is -0.123. The molecule has 6 nitrogen and oxygen atoms in total. The van der Waals surface area contributed by atoms with Gasteiger partial charge in [0.1, 0.15) is 0 Å². The van der Waals surface area contributed by atoms with Crippen molar-refractivity contribution in [2.45, 2.75) is 31.7 Å². The smallest absolute Gasteiger partial charge is 0.240 e. The summed E-state index contributed by atoms with van der Waals surface area (Å²) in [6.45, 7) is 5.91. The Labute approximate surface area is 126 Å². The summed E-state index contributed by atoms with van der Waals surface area (Å²) in [5.74, 6) is -0.242. The summed E-state index contributed by atoms with van der Waals surface area (Å²) in [5.41, 5.74) is 6.67. The van der Waals surface area contributed by atoms with Gasteiger partial charge in [0.05, 0.1) is 10.9 Å². The van der Waals surface area contributed by atoms with Gasteiger partial charge in [-0.3, -0.25) is 4.79 Å². The van der Waals surface area contributed by atoms with Crippen LogP contribution in [0.25, 0.3) is 0 Å². The SMILES string of the molecule is Cc1ccc(S(=O)(=O)NCCNC(=O)[C@@H](N)C(C)C)cc1. The van der Waals surface area contributed by atoms with Gasteiger partial charge in [0.25, 0.3) is 0 Å². The van der Waals surface area contributed by atoms with Gasteiger partial charge in [-0.25, -0.2) is 13.1 Å². The standard InChI is InChI=1S/C14H23N3O3S/c1-10(2)13(15)14(18)16-8-9-17-21(19,20)12-6-4-11(3)5-7-12/h4-7,10,13,17H,8-9,15H2,1-3H3,(H,16,18)/t13-/m0/s1. The molecule has 0 aliphatic heterocycles. The van der Waals surface area contributed by atoms with Crippen molar-refractivity contribution in [2.24, 2.45) is 11.7 Å². The van der Waals surface area contributed by atoms with E-state index in [2.05, 4.69) is 10.0 Å². The van der Waals surface area contributed by atoms with Crippen LogP contribution in [0.5, 0.6) is 0 Å². The maximum absolute atomic E-state index is 12.0. The summed E-state index contributed by atoms with van der Waals surface area (Å²) >= 11 is 0. The average molecular weight is 313 g/mol. The number of benzene rings is 1. The van der Waals surface area contributed by atoms with E-state index in [0.29, 0.717) is 0 Å². The molecule has 0 bridgehead atoms. The molecule has 0 aliphatic rings. The number of rotatable bonds is 7. The molecule has 0 saturated carbocycles. The Morgan fingerprint density at radius 1 is 1.19 bits per heavy atom. The van der Waals surface area contributed by atoms with Crippen LogP contribution in [0.1, 0.15) is 19.4 Å². The maximum Gasteiger partial charge on any atom is 0.240 e. The molecule has 7 heteroatoms. The highest BCUT2D eigenvalue weighted by Crippen LogP contribution is 2.09. The molecular weight excluding hydrogens is 290 g/mol. The van der Waals surface area contributed by atoms with Crippen molar-refractivity contribution >= 4 is 15.9 Å². The van der Waals surface area contributed by atoms with Crippen LogP contribution in [-0.2, 0) is 14.8 Å². The van der Waals surface area contributed by atoms with Gasteiger partial charge in [-0.15, -0.1) is 0 Å². The molecule has 0 saturated heterocycles. The van der Waals surface area contributed by atoms with Crippen LogP contribution >= 0.6 is 0 Å². The molecule has 0 aliphatic carbocycles. The fraction of sp³-hybridized carbons (Fsp3) is 0.500. The summed E-state index contributed by atoms with van der Waals surface area (Å²) in [5, 5.41) is 2.61. The van der Waals surface area contributed by atoms with E-state index in [-0.39, 0.29) is 29.8 Å². The zero-order valence-corrected chi connectivity index (χ0v) is 13.4. The van der Waals surface area contributed by atoms with E-state index >= 15 is 0 Å². The first kappa shape index (κ1) is 17.6. The zero-order chi connectivity index (χ0) is 16.0. The Bertz CT molecular complexity index is 568. The van der Waals surface area contributed by atoms with Gasteiger partial charge in [-0.2, -0.15) is 0 Å². The van der Waals surface area contributed by atoms with E-state index in [1.165, 1.54) is 0 Å². The predicted octanol–water partition coefficient (Wildman–Crippen LogP) is 0.373. The minimum absolute atomic E-state index is 0.0363. The normalized spacial score (nSPS) is 13.2. The quantitative estimate of drug-likeness (QED) is 0.633. The van der Waals surface area contributed by atoms with Crippen LogP contribution in [0.2, 0.25) is 0 Å². The van der Waals surface area contributed by atoms with E-state index in [1.54, 1.807) is 24.3 Å². The number of aryl methyl sites for hydroxylation is 1. The van der Waals surface area contributed by atoms with Crippen LogP contribution in [0.4, 0.5) is 0 Å². The fourth-order valence-corrected chi connectivity index (χ4v) is 2.62. The van der Waals surface area contributed by atoms with Gasteiger partial charge >= 0.3 is 0 Å². The first-order valence-corrected chi connectivity index (χ1v) is 8.32. The third-order valence-corrected chi connectivity index (χ3v) is 4.55. The van der Waals surface area contributed by atoms with Crippen LogP contribution < -0.4 is 15.8 Å². The molecule has 0 radical (unpaired) electrons. The number of amides is 1. The highest BCUT2D eigenvalue weighted by molar-refractivity contribution is 7.89. The van der Waals surface area contributed by atoms with Gasteiger partial charge in [0.2, 0.25) is 15.9 Å². The number of carbonyl (C=O) groups is 1. The number of sulfonamides is 1. The number of hydrogen-bond acceptors (Lipinski definition) is 4. The van der Waals surface area contributed by atoms with Gasteiger partial charge in [0, 0.05) is 13.1 Å². The largest absolute Gasteiger partial charge is 0.353 e. The lowest BCUT2D eigenvalue weighted by atomic mass is 10.1. The minimum Gasteiger partial charge on any atom is -0.353 e. The van der Waals surface area contributed by atoms with Crippen molar-refractivity contribution in [1.82, 2.24) is 10.0 Å². The molecular formula is C14H23N3O3S. The molecule has 1 aromatic carbocycles. The van der Waals surface area contributed by atoms with Crippen molar-refractivity contribution in [3.05, 3.63) is 29.8 Å². The average Bonchev–Trinajstić information content (AvgIpc) is 2.42. The molecule has 4 N–H and O–H groups in total. The molecule has 0 heterocycles. The van der Waals surface area contributed by atoms with Gasteiger partial charge in [0.15, 0.2) is 0 Å². The summed E-state index contributed by atoms with van der Waals surface area (Å²) in [4.78, 5) is 11.8. The molecule has 1 aromatic rings. The van der Waals surface area contributed by atoms with Crippen molar-refractivity contribution in [3.8, 4) is 0 Å². The molecule has 118 valence electrons. The van der Waals surface area contributed by atoms with Crippen molar-refractivity contribution in [1.29, 1.82) is 0 Å². The van der Waals surface area contributed by atoms with Crippen LogP contribution in [0, 0.1) is 12.8 Å². The van der Waals surface area contributed by atoms with Crippen LogP contribution in [0.3, 0.4) is 0 Å². The van der Waals surface area contributed by atoms with Gasteiger partial charge in [-0.05, 0) is 25.0 Å². The highest BCUT2D eigenvalue weighted by Gasteiger charge is 2.17. The monoisotopic (exact) mass is 313 g/mol. The number of nitrogens with two attached hydrogens (primary N) is 1. The minimum atomic E-state index is -3.54. The summed E-state index contributed by atoms with van der Waals surface area (Å²) < 4.78 is 26.4.